The van der Waals surface area contributed by atoms with Gasteiger partial charge in [0.05, 0.1) is 24.7 Å². The van der Waals surface area contributed by atoms with Gasteiger partial charge in [0.15, 0.2) is 0 Å². The van der Waals surface area contributed by atoms with Crippen LogP contribution in [-0.4, -0.2) is 26.6 Å². The summed E-state index contributed by atoms with van der Waals surface area (Å²) in [6.07, 6.45) is 3.62. The predicted molar refractivity (Wildman–Crippen MR) is 83.6 cm³/mol. The molecule has 0 aliphatic heterocycles. The van der Waals surface area contributed by atoms with Gasteiger partial charge in [-0.05, 0) is 25.5 Å². The highest BCUT2D eigenvalue weighted by Crippen LogP contribution is 2.31. The SMILES string of the molecule is COc1ncc(-c2cc(-c3nccs3)nc(C)c2C)n1C. The number of imidazole rings is 1. The summed E-state index contributed by atoms with van der Waals surface area (Å²) < 4.78 is 7.18. The van der Waals surface area contributed by atoms with Gasteiger partial charge in [-0.2, -0.15) is 0 Å². The van der Waals surface area contributed by atoms with Crippen LogP contribution in [0.25, 0.3) is 22.0 Å². The van der Waals surface area contributed by atoms with Crippen molar-refractivity contribution in [3.8, 4) is 28.0 Å². The van der Waals surface area contributed by atoms with Crippen molar-refractivity contribution in [3.63, 3.8) is 0 Å². The van der Waals surface area contributed by atoms with E-state index < -0.39 is 0 Å². The van der Waals surface area contributed by atoms with Gasteiger partial charge < -0.3 is 4.74 Å². The highest BCUT2D eigenvalue weighted by Gasteiger charge is 2.15. The Morgan fingerprint density at radius 2 is 2.05 bits per heavy atom. The molecule has 0 aliphatic rings. The van der Waals surface area contributed by atoms with Crippen LogP contribution in [0, 0.1) is 13.8 Å². The molecule has 0 aromatic carbocycles. The average Bonchev–Trinajstić information content (AvgIpc) is 3.11. The number of hydrogen-bond acceptors (Lipinski definition) is 5. The van der Waals surface area contributed by atoms with Gasteiger partial charge in [0.1, 0.15) is 5.01 Å². The number of methoxy groups -OCH3 is 1. The zero-order chi connectivity index (χ0) is 15.0. The summed E-state index contributed by atoms with van der Waals surface area (Å²) in [7, 11) is 3.57. The van der Waals surface area contributed by atoms with Crippen LogP contribution in [0.4, 0.5) is 0 Å². The third-order valence-corrected chi connectivity index (χ3v) is 4.37. The minimum atomic E-state index is 0.592. The van der Waals surface area contributed by atoms with Crippen LogP contribution in [0.5, 0.6) is 6.01 Å². The van der Waals surface area contributed by atoms with E-state index in [0.717, 1.165) is 33.2 Å². The van der Waals surface area contributed by atoms with Gasteiger partial charge in [0.25, 0.3) is 6.01 Å². The van der Waals surface area contributed by atoms with E-state index >= 15 is 0 Å². The first kappa shape index (κ1) is 13.8. The molecule has 0 amide bonds. The lowest BCUT2D eigenvalue weighted by Crippen LogP contribution is -2.00. The molecule has 0 aliphatic carbocycles. The summed E-state index contributed by atoms with van der Waals surface area (Å²) in [6.45, 7) is 4.09. The Hall–Kier alpha value is -2.21. The smallest absolute Gasteiger partial charge is 0.296 e. The molecule has 0 saturated carbocycles. The average molecular weight is 300 g/mol. The van der Waals surface area contributed by atoms with E-state index in [9.17, 15) is 0 Å². The molecule has 0 radical (unpaired) electrons. The summed E-state index contributed by atoms with van der Waals surface area (Å²) in [5.74, 6) is 0. The molecule has 0 bridgehead atoms. The summed E-state index contributed by atoms with van der Waals surface area (Å²) in [5.41, 5.74) is 5.14. The first-order chi connectivity index (χ1) is 10.1. The quantitative estimate of drug-likeness (QED) is 0.745. The van der Waals surface area contributed by atoms with Crippen molar-refractivity contribution in [2.75, 3.05) is 7.11 Å². The van der Waals surface area contributed by atoms with Gasteiger partial charge in [-0.25, -0.2) is 9.97 Å². The molecule has 0 saturated heterocycles. The Morgan fingerprint density at radius 1 is 1.24 bits per heavy atom. The number of pyridine rings is 1. The number of aromatic nitrogens is 4. The van der Waals surface area contributed by atoms with Crippen LogP contribution < -0.4 is 4.74 Å². The third kappa shape index (κ3) is 2.31. The summed E-state index contributed by atoms with van der Waals surface area (Å²) in [5, 5.41) is 2.88. The van der Waals surface area contributed by atoms with Crippen molar-refractivity contribution in [3.05, 3.63) is 35.1 Å². The Kier molecular flexibility index (Phi) is 3.47. The number of thiazole rings is 1. The molecular formula is C15H16N4OS. The van der Waals surface area contributed by atoms with Crippen molar-refractivity contribution >= 4 is 11.3 Å². The molecule has 0 fully saturated rings. The molecule has 21 heavy (non-hydrogen) atoms. The minimum absolute atomic E-state index is 0.592. The first-order valence-corrected chi connectivity index (χ1v) is 7.44. The van der Waals surface area contributed by atoms with Crippen LogP contribution in [0.1, 0.15) is 11.3 Å². The molecular weight excluding hydrogens is 284 g/mol. The highest BCUT2D eigenvalue weighted by atomic mass is 32.1. The molecule has 3 aromatic heterocycles. The molecule has 0 spiro atoms. The Balaban J connectivity index is 2.20. The van der Waals surface area contributed by atoms with Crippen LogP contribution in [0.3, 0.4) is 0 Å². The van der Waals surface area contributed by atoms with Gasteiger partial charge in [0, 0.05) is 29.9 Å². The van der Waals surface area contributed by atoms with E-state index in [4.69, 9.17) is 4.74 Å². The fraction of sp³-hybridized carbons (Fsp3) is 0.267. The normalized spacial score (nSPS) is 10.9. The molecule has 3 rings (SSSR count). The topological polar surface area (TPSA) is 52.8 Å². The summed E-state index contributed by atoms with van der Waals surface area (Å²) in [4.78, 5) is 13.3. The van der Waals surface area contributed by atoms with E-state index in [1.807, 2.05) is 30.1 Å². The van der Waals surface area contributed by atoms with Crippen LogP contribution in [0.2, 0.25) is 0 Å². The standard InChI is InChI=1S/C15H16N4OS/c1-9-10(2)18-12(14-16-5-6-21-14)7-11(9)13-8-17-15(20-4)19(13)3/h5-8H,1-4H3. The Morgan fingerprint density at radius 3 is 2.67 bits per heavy atom. The first-order valence-electron chi connectivity index (χ1n) is 6.56. The van der Waals surface area contributed by atoms with Crippen molar-refractivity contribution in [1.82, 2.24) is 19.5 Å². The second-order valence-corrected chi connectivity index (χ2v) is 5.69. The number of hydrogen-bond donors (Lipinski definition) is 0. The van der Waals surface area contributed by atoms with Crippen LogP contribution in [-0.2, 0) is 7.05 Å². The lowest BCUT2D eigenvalue weighted by Gasteiger charge is -2.11. The van der Waals surface area contributed by atoms with Crippen molar-refractivity contribution in [1.29, 1.82) is 0 Å². The lowest BCUT2D eigenvalue weighted by molar-refractivity contribution is 0.367. The summed E-state index contributed by atoms with van der Waals surface area (Å²) >= 11 is 1.59. The maximum absolute atomic E-state index is 5.25. The number of ether oxygens (including phenoxy) is 1. The van der Waals surface area contributed by atoms with Gasteiger partial charge in [0.2, 0.25) is 0 Å². The Bertz CT molecular complexity index is 777. The minimum Gasteiger partial charge on any atom is -0.468 e. The van der Waals surface area contributed by atoms with E-state index in [2.05, 4.69) is 27.9 Å². The molecule has 3 heterocycles. The second-order valence-electron chi connectivity index (χ2n) is 4.79. The highest BCUT2D eigenvalue weighted by molar-refractivity contribution is 7.13. The van der Waals surface area contributed by atoms with Crippen molar-refractivity contribution in [2.45, 2.75) is 13.8 Å². The molecule has 0 unspecified atom stereocenters. The van der Waals surface area contributed by atoms with E-state index in [0.29, 0.717) is 6.01 Å². The molecule has 6 heteroatoms. The van der Waals surface area contributed by atoms with Crippen LogP contribution in [0.15, 0.2) is 23.8 Å². The zero-order valence-corrected chi connectivity index (χ0v) is 13.2. The number of aryl methyl sites for hydroxylation is 1. The monoisotopic (exact) mass is 300 g/mol. The van der Waals surface area contributed by atoms with Crippen molar-refractivity contribution < 1.29 is 4.74 Å². The van der Waals surface area contributed by atoms with Crippen molar-refractivity contribution in [2.24, 2.45) is 7.05 Å². The predicted octanol–water partition coefficient (Wildman–Crippen LogP) is 3.23. The largest absolute Gasteiger partial charge is 0.468 e. The number of rotatable bonds is 3. The fourth-order valence-electron chi connectivity index (χ4n) is 2.29. The van der Waals surface area contributed by atoms with Crippen LogP contribution >= 0.6 is 11.3 Å². The Labute approximate surface area is 127 Å². The summed E-state index contributed by atoms with van der Waals surface area (Å²) in [6, 6.07) is 2.66. The van der Waals surface area contributed by atoms with E-state index in [1.165, 1.54) is 0 Å². The molecule has 108 valence electrons. The maximum atomic E-state index is 5.25. The second kappa shape index (κ2) is 5.29. The van der Waals surface area contributed by atoms with Gasteiger partial charge in [-0.3, -0.25) is 9.55 Å². The zero-order valence-electron chi connectivity index (χ0n) is 12.4. The molecule has 0 N–H and O–H groups in total. The van der Waals surface area contributed by atoms with E-state index in [1.54, 1.807) is 24.6 Å². The molecule has 0 atom stereocenters. The van der Waals surface area contributed by atoms with Gasteiger partial charge >= 0.3 is 0 Å². The molecule has 3 aromatic rings. The number of nitrogens with zero attached hydrogens (tertiary/aromatic N) is 4. The fourth-order valence-corrected chi connectivity index (χ4v) is 2.89. The van der Waals surface area contributed by atoms with Gasteiger partial charge in [-0.15, -0.1) is 11.3 Å². The lowest BCUT2D eigenvalue weighted by atomic mass is 10.0. The third-order valence-electron chi connectivity index (χ3n) is 3.57. The van der Waals surface area contributed by atoms with Gasteiger partial charge in [-0.1, -0.05) is 0 Å². The van der Waals surface area contributed by atoms with E-state index in [-0.39, 0.29) is 0 Å². The molecule has 5 nitrogen and oxygen atoms in total. The maximum Gasteiger partial charge on any atom is 0.296 e.